The fourth-order valence-corrected chi connectivity index (χ4v) is 3.91. The van der Waals surface area contributed by atoms with Crippen LogP contribution in [0.5, 0.6) is 0 Å². The maximum atomic E-state index is 11.4. The third-order valence-corrected chi connectivity index (χ3v) is 5.47. The average Bonchev–Trinajstić information content (AvgIpc) is 2.64. The Morgan fingerprint density at radius 2 is 1.88 bits per heavy atom. The fraction of sp³-hybridized carbons (Fsp3) is 0.381. The highest BCUT2D eigenvalue weighted by Gasteiger charge is 2.39. The van der Waals surface area contributed by atoms with Gasteiger partial charge in [-0.1, -0.05) is 54.1 Å². The molecule has 3 N–H and O–H groups in total. The van der Waals surface area contributed by atoms with Gasteiger partial charge < -0.3 is 10.8 Å². The molecular formula is C21H25ClN2O2. The lowest BCUT2D eigenvalue weighted by Gasteiger charge is -2.44. The van der Waals surface area contributed by atoms with Crippen molar-refractivity contribution in [3.05, 3.63) is 70.7 Å². The Bertz CT molecular complexity index is 735. The molecule has 2 unspecified atom stereocenters. The number of carbonyl (C=O) groups excluding carboxylic acids is 1. The van der Waals surface area contributed by atoms with Crippen LogP contribution in [0.25, 0.3) is 0 Å². The second-order valence-electron chi connectivity index (χ2n) is 7.02. The van der Waals surface area contributed by atoms with Gasteiger partial charge in [0.25, 0.3) is 0 Å². The first-order chi connectivity index (χ1) is 12.5. The molecule has 2 aromatic carbocycles. The van der Waals surface area contributed by atoms with Crippen LogP contribution in [0.3, 0.4) is 0 Å². The van der Waals surface area contributed by atoms with Gasteiger partial charge in [-0.15, -0.1) is 0 Å². The molecule has 4 nitrogen and oxygen atoms in total. The second kappa shape index (κ2) is 8.21. The zero-order valence-electron chi connectivity index (χ0n) is 14.8. The van der Waals surface area contributed by atoms with Crippen LogP contribution in [-0.2, 0) is 10.4 Å². The van der Waals surface area contributed by atoms with Gasteiger partial charge in [0.05, 0.1) is 5.60 Å². The summed E-state index contributed by atoms with van der Waals surface area (Å²) in [6, 6.07) is 17.8. The van der Waals surface area contributed by atoms with Crippen molar-refractivity contribution in [2.75, 3.05) is 13.1 Å². The van der Waals surface area contributed by atoms with E-state index in [0.717, 1.165) is 25.1 Å². The molecule has 0 aliphatic carbocycles. The summed E-state index contributed by atoms with van der Waals surface area (Å²) in [6.45, 7) is 1.55. The third kappa shape index (κ3) is 4.44. The third-order valence-electron chi connectivity index (χ3n) is 5.22. The zero-order chi connectivity index (χ0) is 18.6. The number of aliphatic hydroxyl groups is 1. The Hall–Kier alpha value is -1.88. The molecule has 1 aliphatic rings. The van der Waals surface area contributed by atoms with E-state index in [9.17, 15) is 9.90 Å². The van der Waals surface area contributed by atoms with E-state index in [4.69, 9.17) is 17.3 Å². The highest BCUT2D eigenvalue weighted by Crippen LogP contribution is 2.42. The summed E-state index contributed by atoms with van der Waals surface area (Å²) in [5, 5.41) is 12.0. The van der Waals surface area contributed by atoms with Crippen LogP contribution in [-0.4, -0.2) is 29.0 Å². The predicted molar refractivity (Wildman–Crippen MR) is 104 cm³/mol. The molecular weight excluding hydrogens is 348 g/mol. The van der Waals surface area contributed by atoms with Crippen molar-refractivity contribution < 1.29 is 9.90 Å². The van der Waals surface area contributed by atoms with E-state index in [0.29, 0.717) is 24.3 Å². The lowest BCUT2D eigenvalue weighted by atomic mass is 9.79. The molecule has 1 amide bonds. The van der Waals surface area contributed by atoms with Gasteiger partial charge in [-0.05, 0) is 42.6 Å². The van der Waals surface area contributed by atoms with Crippen molar-refractivity contribution >= 4 is 17.5 Å². The first-order valence-corrected chi connectivity index (χ1v) is 9.41. The molecule has 2 aromatic rings. The molecule has 1 aliphatic heterocycles. The van der Waals surface area contributed by atoms with E-state index in [2.05, 4.69) is 17.0 Å². The largest absolute Gasteiger partial charge is 0.385 e. The molecule has 1 fully saturated rings. The molecule has 1 heterocycles. The molecule has 2 atom stereocenters. The van der Waals surface area contributed by atoms with Crippen LogP contribution in [0.4, 0.5) is 0 Å². The van der Waals surface area contributed by atoms with Crippen molar-refractivity contribution in [2.45, 2.75) is 37.3 Å². The van der Waals surface area contributed by atoms with Gasteiger partial charge in [-0.2, -0.15) is 0 Å². The quantitative estimate of drug-likeness (QED) is 0.813. The van der Waals surface area contributed by atoms with Gasteiger partial charge in [-0.25, -0.2) is 0 Å². The zero-order valence-corrected chi connectivity index (χ0v) is 15.5. The summed E-state index contributed by atoms with van der Waals surface area (Å²) in [5.74, 6) is -0.268. The van der Waals surface area contributed by atoms with E-state index in [1.807, 2.05) is 42.5 Å². The Kier molecular flexibility index (Phi) is 5.97. The maximum absolute atomic E-state index is 11.4. The standard InChI is InChI=1S/C21H25ClN2O2/c22-18-10-8-17(9-11-18)21(26)12-14-24(13-4-7-20(23)25)19(15-21)16-5-2-1-3-6-16/h1-3,5-6,8-11,19,26H,4,7,12-15H2,(H2,23,25). The summed E-state index contributed by atoms with van der Waals surface area (Å²) < 4.78 is 0. The summed E-state index contributed by atoms with van der Waals surface area (Å²) in [7, 11) is 0. The fourth-order valence-electron chi connectivity index (χ4n) is 3.79. The number of carbonyl (C=O) groups is 1. The normalized spacial score (nSPS) is 23.7. The summed E-state index contributed by atoms with van der Waals surface area (Å²) in [4.78, 5) is 13.4. The van der Waals surface area contributed by atoms with Crippen LogP contribution >= 0.6 is 11.6 Å². The van der Waals surface area contributed by atoms with Gasteiger partial charge in [0.1, 0.15) is 0 Å². The number of halogens is 1. The monoisotopic (exact) mass is 372 g/mol. The Morgan fingerprint density at radius 3 is 2.54 bits per heavy atom. The minimum atomic E-state index is -0.884. The topological polar surface area (TPSA) is 66.6 Å². The molecule has 5 heteroatoms. The van der Waals surface area contributed by atoms with E-state index in [-0.39, 0.29) is 11.9 Å². The van der Waals surface area contributed by atoms with Gasteiger partial charge in [-0.3, -0.25) is 9.69 Å². The first kappa shape index (κ1) is 18.9. The van der Waals surface area contributed by atoms with Gasteiger partial charge >= 0.3 is 0 Å². The van der Waals surface area contributed by atoms with Gasteiger partial charge in [0.15, 0.2) is 0 Å². The molecule has 3 rings (SSSR count). The lowest BCUT2D eigenvalue weighted by Crippen LogP contribution is -2.45. The lowest BCUT2D eigenvalue weighted by molar-refractivity contribution is -0.118. The number of piperidine rings is 1. The molecule has 0 saturated carbocycles. The van der Waals surface area contributed by atoms with Gasteiger partial charge in [0, 0.05) is 30.5 Å². The van der Waals surface area contributed by atoms with E-state index in [1.54, 1.807) is 0 Å². The van der Waals surface area contributed by atoms with E-state index >= 15 is 0 Å². The number of hydrogen-bond donors (Lipinski definition) is 2. The van der Waals surface area contributed by atoms with Crippen molar-refractivity contribution in [3.8, 4) is 0 Å². The van der Waals surface area contributed by atoms with E-state index in [1.165, 1.54) is 5.56 Å². The van der Waals surface area contributed by atoms with E-state index < -0.39 is 5.60 Å². The molecule has 26 heavy (non-hydrogen) atoms. The molecule has 0 bridgehead atoms. The van der Waals surface area contributed by atoms with Crippen molar-refractivity contribution in [1.29, 1.82) is 0 Å². The van der Waals surface area contributed by atoms with Crippen LogP contribution in [0.15, 0.2) is 54.6 Å². The molecule has 0 radical (unpaired) electrons. The Balaban J connectivity index is 1.82. The SMILES string of the molecule is NC(=O)CCCN1CCC(O)(c2ccc(Cl)cc2)CC1c1ccccc1. The number of benzene rings is 2. The van der Waals surface area contributed by atoms with Crippen LogP contribution < -0.4 is 5.73 Å². The molecule has 0 spiro atoms. The maximum Gasteiger partial charge on any atom is 0.217 e. The number of primary amides is 1. The van der Waals surface area contributed by atoms with Crippen molar-refractivity contribution in [3.63, 3.8) is 0 Å². The molecule has 1 saturated heterocycles. The Labute approximate surface area is 159 Å². The summed E-state index contributed by atoms with van der Waals surface area (Å²) >= 11 is 6.00. The number of nitrogens with zero attached hydrogens (tertiary/aromatic N) is 1. The summed E-state index contributed by atoms with van der Waals surface area (Å²) in [6.07, 6.45) is 2.38. The highest BCUT2D eigenvalue weighted by molar-refractivity contribution is 6.30. The number of nitrogens with two attached hydrogens (primary N) is 1. The number of amides is 1. The highest BCUT2D eigenvalue weighted by atomic mass is 35.5. The number of rotatable bonds is 6. The van der Waals surface area contributed by atoms with Gasteiger partial charge in [0.2, 0.25) is 5.91 Å². The average molecular weight is 373 g/mol. The summed E-state index contributed by atoms with van der Waals surface area (Å²) in [5.41, 5.74) is 6.47. The number of likely N-dealkylation sites (tertiary alicyclic amines) is 1. The van der Waals surface area contributed by atoms with Crippen molar-refractivity contribution in [2.24, 2.45) is 5.73 Å². The van der Waals surface area contributed by atoms with Crippen molar-refractivity contribution in [1.82, 2.24) is 4.90 Å². The molecule has 138 valence electrons. The first-order valence-electron chi connectivity index (χ1n) is 9.04. The minimum Gasteiger partial charge on any atom is -0.385 e. The van der Waals surface area contributed by atoms with Crippen LogP contribution in [0.1, 0.15) is 42.9 Å². The Morgan fingerprint density at radius 1 is 1.19 bits per heavy atom. The molecule has 0 aromatic heterocycles. The smallest absolute Gasteiger partial charge is 0.217 e. The second-order valence-corrected chi connectivity index (χ2v) is 7.46. The van der Waals surface area contributed by atoms with Crippen LogP contribution in [0, 0.1) is 0 Å². The predicted octanol–water partition coefficient (Wildman–Crippen LogP) is 3.63. The van der Waals surface area contributed by atoms with Crippen LogP contribution in [0.2, 0.25) is 5.02 Å². The number of hydrogen-bond acceptors (Lipinski definition) is 3. The minimum absolute atomic E-state index is 0.0958.